The Morgan fingerprint density at radius 2 is 1.84 bits per heavy atom. The molecule has 0 radical (unpaired) electrons. The van der Waals surface area contributed by atoms with E-state index in [2.05, 4.69) is 10.3 Å². The van der Waals surface area contributed by atoms with Gasteiger partial charge in [0.25, 0.3) is 21.6 Å². The Bertz CT molecular complexity index is 1530. The summed E-state index contributed by atoms with van der Waals surface area (Å²) in [5, 5.41) is 2.69. The molecule has 5 rings (SSSR count). The molecule has 11 heteroatoms. The van der Waals surface area contributed by atoms with E-state index in [9.17, 15) is 22.8 Å². The summed E-state index contributed by atoms with van der Waals surface area (Å²) in [6.07, 6.45) is 5.02. The van der Waals surface area contributed by atoms with Crippen LogP contribution in [0.5, 0.6) is 0 Å². The standard InChI is InChI=1S/C17H16N4O2.C10H16O4S/c1-12-15(19-16(22)13-7-6-10-18-11-13)17(23)21(20(12)2)14-8-4-3-5-9-14;1-9(2)7-3-4-10(9,8(11)5-7)6-15(12,13)14/h3-11H,1-2H3,(H,19,22);7H,3-6H2,1-2H3,(H,12,13,14). The second-order valence-electron chi connectivity index (χ2n) is 10.5. The van der Waals surface area contributed by atoms with Crippen LogP contribution < -0.4 is 10.9 Å². The molecule has 2 fully saturated rings. The van der Waals surface area contributed by atoms with E-state index in [-0.39, 0.29) is 34.3 Å². The molecule has 0 spiro atoms. The fourth-order valence-corrected chi connectivity index (χ4v) is 7.11. The van der Waals surface area contributed by atoms with Crippen molar-refractivity contribution in [2.75, 3.05) is 11.1 Å². The molecule has 1 amide bonds. The maximum Gasteiger partial charge on any atom is 0.295 e. The van der Waals surface area contributed by atoms with Crippen molar-refractivity contribution in [3.63, 3.8) is 0 Å². The molecule has 1 aromatic carbocycles. The van der Waals surface area contributed by atoms with E-state index in [4.69, 9.17) is 4.55 Å². The largest absolute Gasteiger partial charge is 0.316 e. The summed E-state index contributed by atoms with van der Waals surface area (Å²) in [4.78, 5) is 40.7. The third-order valence-electron chi connectivity index (χ3n) is 8.28. The summed E-state index contributed by atoms with van der Waals surface area (Å²) < 4.78 is 34.2. The van der Waals surface area contributed by atoms with Crippen LogP contribution in [0.1, 0.15) is 49.2 Å². The van der Waals surface area contributed by atoms with E-state index in [1.54, 1.807) is 37.0 Å². The number of nitrogens with zero attached hydrogens (tertiary/aromatic N) is 3. The number of Topliss-reactive ketones (excluding diaryl/α,β-unsaturated/α-hetero) is 1. The average molecular weight is 541 g/mol. The van der Waals surface area contributed by atoms with Gasteiger partial charge < -0.3 is 5.32 Å². The molecule has 2 aliphatic rings. The van der Waals surface area contributed by atoms with Crippen LogP contribution in [0, 0.1) is 23.7 Å². The highest BCUT2D eigenvalue weighted by Gasteiger charge is 2.65. The lowest BCUT2D eigenvalue weighted by molar-refractivity contribution is -0.128. The lowest BCUT2D eigenvalue weighted by Crippen LogP contribution is -2.42. The van der Waals surface area contributed by atoms with Crippen LogP contribution in [0.3, 0.4) is 0 Å². The van der Waals surface area contributed by atoms with Gasteiger partial charge in [-0.15, -0.1) is 0 Å². The molecule has 2 aliphatic carbocycles. The van der Waals surface area contributed by atoms with Gasteiger partial charge in [0.2, 0.25) is 0 Å². The zero-order valence-corrected chi connectivity index (χ0v) is 22.7. The Labute approximate surface area is 221 Å². The van der Waals surface area contributed by atoms with Crippen LogP contribution in [0.25, 0.3) is 5.69 Å². The van der Waals surface area contributed by atoms with E-state index in [0.717, 1.165) is 12.1 Å². The van der Waals surface area contributed by atoms with Crippen molar-refractivity contribution in [3.05, 3.63) is 76.5 Å². The first-order valence-corrected chi connectivity index (χ1v) is 13.9. The van der Waals surface area contributed by atoms with E-state index in [1.807, 2.05) is 44.2 Å². The number of ketones is 1. The van der Waals surface area contributed by atoms with Crippen molar-refractivity contribution in [2.24, 2.45) is 23.8 Å². The van der Waals surface area contributed by atoms with Crippen LogP contribution >= 0.6 is 0 Å². The Kier molecular flexibility index (Phi) is 7.19. The fourth-order valence-electron chi connectivity index (χ4n) is 5.81. The predicted octanol–water partition coefficient (Wildman–Crippen LogP) is 3.40. The van der Waals surface area contributed by atoms with Gasteiger partial charge in [-0.3, -0.25) is 28.6 Å². The molecule has 2 unspecified atom stereocenters. The maximum absolute atomic E-state index is 12.7. The highest BCUT2D eigenvalue weighted by Crippen LogP contribution is 2.64. The monoisotopic (exact) mass is 540 g/mol. The van der Waals surface area contributed by atoms with Crippen molar-refractivity contribution < 1.29 is 22.6 Å². The van der Waals surface area contributed by atoms with Crippen molar-refractivity contribution in [3.8, 4) is 5.69 Å². The second kappa shape index (κ2) is 9.95. The number of carbonyl (C=O) groups excluding carboxylic acids is 2. The molecule has 3 aromatic rings. The number of anilines is 1. The minimum Gasteiger partial charge on any atom is -0.316 e. The van der Waals surface area contributed by atoms with Gasteiger partial charge in [0.1, 0.15) is 11.5 Å². The van der Waals surface area contributed by atoms with Gasteiger partial charge in [-0.25, -0.2) is 4.68 Å². The van der Waals surface area contributed by atoms with E-state index >= 15 is 0 Å². The van der Waals surface area contributed by atoms with E-state index in [0.29, 0.717) is 24.1 Å². The number of aromatic nitrogens is 3. The Balaban J connectivity index is 0.000000194. The minimum atomic E-state index is -4.08. The van der Waals surface area contributed by atoms with Crippen molar-refractivity contribution in [1.29, 1.82) is 0 Å². The quantitative estimate of drug-likeness (QED) is 0.473. The number of nitrogens with one attached hydrogen (secondary N) is 1. The lowest BCUT2D eigenvalue weighted by Gasteiger charge is -2.35. The lowest BCUT2D eigenvalue weighted by atomic mass is 9.70. The first-order valence-electron chi connectivity index (χ1n) is 12.3. The molecule has 2 aromatic heterocycles. The molecule has 38 heavy (non-hydrogen) atoms. The summed E-state index contributed by atoms with van der Waals surface area (Å²) in [7, 11) is -2.29. The molecule has 2 atom stereocenters. The number of hydrogen-bond acceptors (Lipinski definition) is 6. The van der Waals surface area contributed by atoms with Crippen molar-refractivity contribution in [1.82, 2.24) is 14.3 Å². The molecule has 0 saturated heterocycles. The first kappa shape index (κ1) is 27.5. The molecule has 2 N–H and O–H groups in total. The average Bonchev–Trinajstić information content (AvgIpc) is 3.31. The van der Waals surface area contributed by atoms with Crippen LogP contribution in [0.2, 0.25) is 0 Å². The number of carbonyl (C=O) groups is 2. The summed E-state index contributed by atoms with van der Waals surface area (Å²) in [5.41, 5.74) is 0.701. The van der Waals surface area contributed by atoms with Gasteiger partial charge in [0.15, 0.2) is 0 Å². The van der Waals surface area contributed by atoms with Gasteiger partial charge >= 0.3 is 0 Å². The minimum absolute atomic E-state index is 0.0152. The zero-order chi connectivity index (χ0) is 27.9. The highest BCUT2D eigenvalue weighted by molar-refractivity contribution is 7.85. The van der Waals surface area contributed by atoms with E-state index < -0.39 is 21.3 Å². The van der Waals surface area contributed by atoms with Gasteiger partial charge in [-0.05, 0) is 55.4 Å². The topological polar surface area (TPSA) is 140 Å². The molecular weight excluding hydrogens is 508 g/mol. The molecule has 0 aliphatic heterocycles. The summed E-state index contributed by atoms with van der Waals surface area (Å²) in [6.45, 7) is 5.68. The molecule has 202 valence electrons. The molecular formula is C27H32N4O6S. The number of benzene rings is 1. The number of para-hydroxylation sites is 1. The molecule has 2 bridgehead atoms. The molecule has 2 saturated carbocycles. The van der Waals surface area contributed by atoms with Crippen LogP contribution in [-0.2, 0) is 22.0 Å². The Hall–Kier alpha value is -3.57. The third kappa shape index (κ3) is 4.83. The second-order valence-corrected chi connectivity index (χ2v) is 12.0. The van der Waals surface area contributed by atoms with Crippen LogP contribution in [0.4, 0.5) is 5.69 Å². The number of hydrogen-bond donors (Lipinski definition) is 2. The van der Waals surface area contributed by atoms with Crippen LogP contribution in [-0.4, -0.2) is 44.8 Å². The number of amides is 1. The fraction of sp³-hybridized carbons (Fsp3) is 0.407. The Morgan fingerprint density at radius 3 is 2.37 bits per heavy atom. The van der Waals surface area contributed by atoms with Gasteiger partial charge in [-0.2, -0.15) is 8.42 Å². The van der Waals surface area contributed by atoms with E-state index in [1.165, 1.54) is 10.9 Å². The van der Waals surface area contributed by atoms with Crippen LogP contribution in [0.15, 0.2) is 59.7 Å². The predicted molar refractivity (Wildman–Crippen MR) is 143 cm³/mol. The molecule has 2 heterocycles. The molecule has 10 nitrogen and oxygen atoms in total. The van der Waals surface area contributed by atoms with Gasteiger partial charge in [-0.1, -0.05) is 32.0 Å². The smallest absolute Gasteiger partial charge is 0.295 e. The summed E-state index contributed by atoms with van der Waals surface area (Å²) >= 11 is 0. The normalized spacial score (nSPS) is 21.6. The zero-order valence-electron chi connectivity index (χ0n) is 21.8. The van der Waals surface area contributed by atoms with Gasteiger partial charge in [0, 0.05) is 25.9 Å². The number of pyridine rings is 1. The SMILES string of the molecule is CC1(C)C2CCC1(CS(=O)(=O)O)C(=O)C2.Cc1c(NC(=O)c2cccnc2)c(=O)n(-c2ccccc2)n1C. The van der Waals surface area contributed by atoms with Crippen molar-refractivity contribution >= 4 is 27.5 Å². The Morgan fingerprint density at radius 1 is 1.16 bits per heavy atom. The summed E-state index contributed by atoms with van der Waals surface area (Å²) in [5.74, 6) is -0.459. The number of rotatable bonds is 5. The summed E-state index contributed by atoms with van der Waals surface area (Å²) in [6, 6.07) is 12.6. The third-order valence-corrected chi connectivity index (χ3v) is 9.14. The maximum atomic E-state index is 12.7. The first-order chi connectivity index (χ1) is 17.8. The van der Waals surface area contributed by atoms with Crippen molar-refractivity contribution in [2.45, 2.75) is 40.0 Å². The number of fused-ring (bicyclic) bond motifs is 2. The van der Waals surface area contributed by atoms with Gasteiger partial charge in [0.05, 0.1) is 28.1 Å². The highest BCUT2D eigenvalue weighted by atomic mass is 32.2.